The molecule has 0 bridgehead atoms. The summed E-state index contributed by atoms with van der Waals surface area (Å²) in [5, 5.41) is 0. The van der Waals surface area contributed by atoms with Gasteiger partial charge in [0.05, 0.1) is 24.2 Å². The average Bonchev–Trinajstić information content (AvgIpc) is 2.76. The van der Waals surface area contributed by atoms with Crippen LogP contribution in [0, 0.1) is 0 Å². The number of aromatic amines is 1. The smallest absolute Gasteiger partial charge is 0.121 e. The van der Waals surface area contributed by atoms with Crippen LogP contribution >= 0.6 is 0 Å². The molecule has 2 aromatic rings. The van der Waals surface area contributed by atoms with Gasteiger partial charge in [0.25, 0.3) is 0 Å². The minimum atomic E-state index is 0.758. The third-order valence-corrected chi connectivity index (χ3v) is 2.87. The van der Waals surface area contributed by atoms with Crippen LogP contribution < -0.4 is 0 Å². The van der Waals surface area contributed by atoms with E-state index in [9.17, 15) is 0 Å². The highest BCUT2D eigenvalue weighted by atomic mass is 16.5. The number of aromatic nitrogens is 2. The maximum absolute atomic E-state index is 5.10. The number of fused-ring (bicyclic) bond motifs is 1. The maximum Gasteiger partial charge on any atom is 0.121 e. The van der Waals surface area contributed by atoms with Gasteiger partial charge in [-0.25, -0.2) is 4.98 Å². The van der Waals surface area contributed by atoms with E-state index in [1.54, 1.807) is 7.11 Å². The van der Waals surface area contributed by atoms with E-state index >= 15 is 0 Å². The molecule has 0 aliphatic heterocycles. The Kier molecular flexibility index (Phi) is 4.12. The highest BCUT2D eigenvalue weighted by molar-refractivity contribution is 5.74. The Bertz CT molecular complexity index is 433. The SMILES string of the molecule is CCN(CCOC)Cc1nc2ccccc2[nH]1. The van der Waals surface area contributed by atoms with E-state index in [0.717, 1.165) is 43.1 Å². The van der Waals surface area contributed by atoms with Crippen molar-refractivity contribution < 1.29 is 4.74 Å². The van der Waals surface area contributed by atoms with Crippen molar-refractivity contribution in [1.82, 2.24) is 14.9 Å². The predicted molar refractivity (Wildman–Crippen MR) is 68.9 cm³/mol. The summed E-state index contributed by atoms with van der Waals surface area (Å²) in [6, 6.07) is 8.11. The van der Waals surface area contributed by atoms with Crippen molar-refractivity contribution in [3.63, 3.8) is 0 Å². The highest BCUT2D eigenvalue weighted by Crippen LogP contribution is 2.11. The van der Waals surface area contributed by atoms with Crippen LogP contribution in [-0.4, -0.2) is 41.7 Å². The number of nitrogens with one attached hydrogen (secondary N) is 1. The number of rotatable bonds is 6. The number of methoxy groups -OCH3 is 1. The van der Waals surface area contributed by atoms with Crippen LogP contribution in [0.2, 0.25) is 0 Å². The first-order valence-electron chi connectivity index (χ1n) is 5.98. The Balaban J connectivity index is 2.06. The van der Waals surface area contributed by atoms with Gasteiger partial charge < -0.3 is 9.72 Å². The number of nitrogens with zero attached hydrogens (tertiary/aromatic N) is 2. The van der Waals surface area contributed by atoms with Crippen LogP contribution in [0.1, 0.15) is 12.7 Å². The molecule has 0 saturated carbocycles. The zero-order valence-electron chi connectivity index (χ0n) is 10.4. The second-order valence-electron chi connectivity index (χ2n) is 4.06. The van der Waals surface area contributed by atoms with Crippen molar-refractivity contribution >= 4 is 11.0 Å². The molecule has 0 aliphatic rings. The van der Waals surface area contributed by atoms with Gasteiger partial charge in [-0.3, -0.25) is 4.90 Å². The molecule has 92 valence electrons. The lowest BCUT2D eigenvalue weighted by Gasteiger charge is -2.18. The highest BCUT2D eigenvalue weighted by Gasteiger charge is 2.07. The molecule has 4 heteroatoms. The van der Waals surface area contributed by atoms with Gasteiger partial charge in [-0.05, 0) is 18.7 Å². The molecule has 2 rings (SSSR count). The number of likely N-dealkylation sites (N-methyl/N-ethyl adjacent to an activating group) is 1. The molecule has 0 saturated heterocycles. The summed E-state index contributed by atoms with van der Waals surface area (Å²) in [5.74, 6) is 1.02. The standard InChI is InChI=1S/C13H19N3O/c1-3-16(8-9-17-2)10-13-14-11-6-4-5-7-12(11)15-13/h4-7H,3,8-10H2,1-2H3,(H,14,15). The Morgan fingerprint density at radius 3 is 2.88 bits per heavy atom. The molecule has 1 aromatic carbocycles. The minimum absolute atomic E-state index is 0.758. The van der Waals surface area contributed by atoms with E-state index in [1.807, 2.05) is 18.2 Å². The fourth-order valence-corrected chi connectivity index (χ4v) is 1.86. The summed E-state index contributed by atoms with van der Waals surface area (Å²) >= 11 is 0. The van der Waals surface area contributed by atoms with Gasteiger partial charge >= 0.3 is 0 Å². The lowest BCUT2D eigenvalue weighted by atomic mass is 10.3. The molecule has 0 radical (unpaired) electrons. The van der Waals surface area contributed by atoms with Gasteiger partial charge in [0, 0.05) is 13.7 Å². The lowest BCUT2D eigenvalue weighted by molar-refractivity contribution is 0.146. The van der Waals surface area contributed by atoms with Crippen molar-refractivity contribution in [3.8, 4) is 0 Å². The van der Waals surface area contributed by atoms with Crippen molar-refractivity contribution in [2.24, 2.45) is 0 Å². The molecule has 1 aromatic heterocycles. The van der Waals surface area contributed by atoms with E-state index in [4.69, 9.17) is 4.74 Å². The minimum Gasteiger partial charge on any atom is -0.383 e. The van der Waals surface area contributed by atoms with Crippen LogP contribution in [-0.2, 0) is 11.3 Å². The molecule has 0 amide bonds. The summed E-state index contributed by atoms with van der Waals surface area (Å²) in [5.41, 5.74) is 2.13. The quantitative estimate of drug-likeness (QED) is 0.830. The third-order valence-electron chi connectivity index (χ3n) is 2.87. The normalized spacial score (nSPS) is 11.5. The van der Waals surface area contributed by atoms with Crippen LogP contribution in [0.25, 0.3) is 11.0 Å². The van der Waals surface area contributed by atoms with Gasteiger partial charge in [0.2, 0.25) is 0 Å². The van der Waals surface area contributed by atoms with Crippen molar-refractivity contribution in [3.05, 3.63) is 30.1 Å². The van der Waals surface area contributed by atoms with E-state index in [2.05, 4.69) is 27.9 Å². The van der Waals surface area contributed by atoms with Gasteiger partial charge in [-0.1, -0.05) is 19.1 Å². The summed E-state index contributed by atoms with van der Waals surface area (Å²) in [4.78, 5) is 10.2. The number of hydrogen-bond acceptors (Lipinski definition) is 3. The Labute approximate surface area is 102 Å². The molecular formula is C13H19N3O. The number of H-pyrrole nitrogens is 1. The van der Waals surface area contributed by atoms with Crippen LogP contribution in [0.5, 0.6) is 0 Å². The second kappa shape index (κ2) is 5.80. The molecule has 1 heterocycles. The van der Waals surface area contributed by atoms with Gasteiger partial charge in [-0.2, -0.15) is 0 Å². The molecule has 0 spiro atoms. The van der Waals surface area contributed by atoms with Crippen LogP contribution in [0.4, 0.5) is 0 Å². The van der Waals surface area contributed by atoms with Crippen LogP contribution in [0.15, 0.2) is 24.3 Å². The fourth-order valence-electron chi connectivity index (χ4n) is 1.86. The van der Waals surface area contributed by atoms with E-state index in [0.29, 0.717) is 0 Å². The molecule has 0 aliphatic carbocycles. The van der Waals surface area contributed by atoms with Crippen LogP contribution in [0.3, 0.4) is 0 Å². The first-order chi connectivity index (χ1) is 8.33. The number of ether oxygens (including phenoxy) is 1. The largest absolute Gasteiger partial charge is 0.383 e. The molecular weight excluding hydrogens is 214 g/mol. The Hall–Kier alpha value is -1.39. The van der Waals surface area contributed by atoms with E-state index in [-0.39, 0.29) is 0 Å². The van der Waals surface area contributed by atoms with Crippen molar-refractivity contribution in [2.75, 3.05) is 26.8 Å². The number of hydrogen-bond donors (Lipinski definition) is 1. The van der Waals surface area contributed by atoms with Gasteiger partial charge in [0.15, 0.2) is 0 Å². The van der Waals surface area contributed by atoms with E-state index < -0.39 is 0 Å². The third kappa shape index (κ3) is 3.05. The lowest BCUT2D eigenvalue weighted by Crippen LogP contribution is -2.27. The van der Waals surface area contributed by atoms with E-state index in [1.165, 1.54) is 0 Å². The van der Waals surface area contributed by atoms with Crippen molar-refractivity contribution in [1.29, 1.82) is 0 Å². The molecule has 17 heavy (non-hydrogen) atoms. The summed E-state index contributed by atoms with van der Waals surface area (Å²) in [7, 11) is 1.73. The summed E-state index contributed by atoms with van der Waals surface area (Å²) in [6.45, 7) is 5.69. The predicted octanol–water partition coefficient (Wildman–Crippen LogP) is 2.03. The Morgan fingerprint density at radius 2 is 2.18 bits per heavy atom. The zero-order valence-corrected chi connectivity index (χ0v) is 10.4. The fraction of sp³-hybridized carbons (Fsp3) is 0.462. The molecule has 1 N–H and O–H groups in total. The number of imidazole rings is 1. The molecule has 4 nitrogen and oxygen atoms in total. The first kappa shape index (κ1) is 12.1. The second-order valence-corrected chi connectivity index (χ2v) is 4.06. The summed E-state index contributed by atoms with van der Waals surface area (Å²) < 4.78 is 5.10. The topological polar surface area (TPSA) is 41.1 Å². The average molecular weight is 233 g/mol. The number of para-hydroxylation sites is 2. The maximum atomic E-state index is 5.10. The summed E-state index contributed by atoms with van der Waals surface area (Å²) in [6.07, 6.45) is 0. The zero-order chi connectivity index (χ0) is 12.1. The van der Waals surface area contributed by atoms with Gasteiger partial charge in [0.1, 0.15) is 5.82 Å². The number of benzene rings is 1. The first-order valence-corrected chi connectivity index (χ1v) is 5.98. The molecule has 0 fully saturated rings. The van der Waals surface area contributed by atoms with Crippen molar-refractivity contribution in [2.45, 2.75) is 13.5 Å². The Morgan fingerprint density at radius 1 is 1.35 bits per heavy atom. The monoisotopic (exact) mass is 233 g/mol. The molecule has 0 atom stereocenters. The van der Waals surface area contributed by atoms with Gasteiger partial charge in [-0.15, -0.1) is 0 Å². The molecule has 0 unspecified atom stereocenters.